The normalized spacial score (nSPS) is 25.8. The van der Waals surface area contributed by atoms with E-state index in [2.05, 4.69) is 28.8 Å². The topological polar surface area (TPSA) is 47.4 Å². The Morgan fingerprint density at radius 2 is 2.12 bits per heavy atom. The lowest BCUT2D eigenvalue weighted by Crippen LogP contribution is -2.40. The minimum absolute atomic E-state index is 0.232. The van der Waals surface area contributed by atoms with Crippen LogP contribution in [0, 0.1) is 11.8 Å². The van der Waals surface area contributed by atoms with Gasteiger partial charge in [-0.05, 0) is 37.5 Å². The highest BCUT2D eigenvalue weighted by Crippen LogP contribution is 2.30. The summed E-state index contributed by atoms with van der Waals surface area (Å²) in [7, 11) is 2.05. The molecule has 2 heterocycles. The molecule has 1 saturated carbocycles. The van der Waals surface area contributed by atoms with Gasteiger partial charge >= 0.3 is 0 Å². The Hall–Kier alpha value is -1.62. The molecule has 0 bridgehead atoms. The first-order chi connectivity index (χ1) is 12.7. The Balaban J connectivity index is 1.39. The zero-order chi connectivity index (χ0) is 17.9. The molecule has 5 nitrogen and oxygen atoms in total. The minimum Gasteiger partial charge on any atom is -0.380 e. The standard InChI is InChI=1S/C21H31N3O2/c1-23-15-22-19-12-24(20(25)10-16-6-2-3-7-16)11-18(21(19)23)14-26-13-17-8-4-5-9-17/h2,6,15-18H,3-5,7-14H2,1H3. The van der Waals surface area contributed by atoms with Crippen LogP contribution >= 0.6 is 0 Å². The second-order valence-corrected chi connectivity index (χ2v) is 8.32. The van der Waals surface area contributed by atoms with Crippen LogP contribution in [0.5, 0.6) is 0 Å². The van der Waals surface area contributed by atoms with E-state index in [9.17, 15) is 4.79 Å². The zero-order valence-corrected chi connectivity index (χ0v) is 15.9. The number of fused-ring (bicyclic) bond motifs is 1. The molecule has 2 aliphatic carbocycles. The Morgan fingerprint density at radius 3 is 2.88 bits per heavy atom. The zero-order valence-electron chi connectivity index (χ0n) is 15.9. The molecule has 0 N–H and O–H groups in total. The molecule has 0 saturated heterocycles. The van der Waals surface area contributed by atoms with Crippen LogP contribution in [0.25, 0.3) is 0 Å². The maximum Gasteiger partial charge on any atom is 0.223 e. The van der Waals surface area contributed by atoms with Crippen LogP contribution in [0.2, 0.25) is 0 Å². The van der Waals surface area contributed by atoms with Crippen LogP contribution < -0.4 is 0 Å². The summed E-state index contributed by atoms with van der Waals surface area (Å²) in [6, 6.07) is 0. The average molecular weight is 357 g/mol. The summed E-state index contributed by atoms with van der Waals surface area (Å²) in [5.74, 6) is 1.65. The van der Waals surface area contributed by atoms with Gasteiger partial charge in [0, 0.05) is 38.2 Å². The summed E-state index contributed by atoms with van der Waals surface area (Å²) in [6.45, 7) is 2.96. The SMILES string of the molecule is Cn1cnc2c1C(COCC1CCCC1)CN(C(=O)CC1C=CCC1)C2. The quantitative estimate of drug-likeness (QED) is 0.733. The van der Waals surface area contributed by atoms with Crippen molar-refractivity contribution >= 4 is 5.91 Å². The van der Waals surface area contributed by atoms with Crippen molar-refractivity contribution in [1.82, 2.24) is 14.5 Å². The summed E-state index contributed by atoms with van der Waals surface area (Å²) in [6.07, 6.45) is 14.4. The predicted molar refractivity (Wildman–Crippen MR) is 101 cm³/mol. The second-order valence-electron chi connectivity index (χ2n) is 8.32. The Labute approximate surface area is 156 Å². The van der Waals surface area contributed by atoms with E-state index in [0.717, 1.165) is 37.6 Å². The molecule has 1 aromatic rings. The van der Waals surface area contributed by atoms with Gasteiger partial charge in [0.1, 0.15) is 0 Å². The second kappa shape index (κ2) is 7.95. The van der Waals surface area contributed by atoms with E-state index >= 15 is 0 Å². The fourth-order valence-corrected chi connectivity index (χ4v) is 4.83. The average Bonchev–Trinajstić information content (AvgIpc) is 3.38. The molecule has 26 heavy (non-hydrogen) atoms. The van der Waals surface area contributed by atoms with Crippen LogP contribution in [-0.4, -0.2) is 40.1 Å². The summed E-state index contributed by atoms with van der Waals surface area (Å²) in [5.41, 5.74) is 2.30. The third-order valence-corrected chi connectivity index (χ3v) is 6.28. The lowest BCUT2D eigenvalue weighted by Gasteiger charge is -2.33. The Bertz CT molecular complexity index is 660. The van der Waals surface area contributed by atoms with Gasteiger partial charge in [-0.25, -0.2) is 4.98 Å². The molecule has 1 aromatic heterocycles. The smallest absolute Gasteiger partial charge is 0.223 e. The van der Waals surface area contributed by atoms with Gasteiger partial charge in [-0.15, -0.1) is 0 Å². The number of ether oxygens (including phenoxy) is 1. The van der Waals surface area contributed by atoms with Crippen LogP contribution in [0.3, 0.4) is 0 Å². The molecule has 2 unspecified atom stereocenters. The number of aryl methyl sites for hydroxylation is 1. The lowest BCUT2D eigenvalue weighted by molar-refractivity contribution is -0.133. The number of amides is 1. The van der Waals surface area contributed by atoms with Crippen molar-refractivity contribution in [1.29, 1.82) is 0 Å². The van der Waals surface area contributed by atoms with Gasteiger partial charge in [0.15, 0.2) is 0 Å². The molecule has 1 aliphatic heterocycles. The van der Waals surface area contributed by atoms with Crippen molar-refractivity contribution in [3.8, 4) is 0 Å². The molecule has 1 amide bonds. The minimum atomic E-state index is 0.232. The highest BCUT2D eigenvalue weighted by Gasteiger charge is 2.32. The number of nitrogens with zero attached hydrogens (tertiary/aromatic N) is 3. The number of carbonyl (C=O) groups is 1. The lowest BCUT2D eigenvalue weighted by atomic mass is 9.97. The van der Waals surface area contributed by atoms with E-state index in [1.165, 1.54) is 31.4 Å². The van der Waals surface area contributed by atoms with Crippen LogP contribution in [-0.2, 0) is 23.1 Å². The first-order valence-corrected chi connectivity index (χ1v) is 10.2. The third-order valence-electron chi connectivity index (χ3n) is 6.28. The maximum absolute atomic E-state index is 12.8. The molecule has 2 atom stereocenters. The number of rotatable bonds is 6. The van der Waals surface area contributed by atoms with Crippen LogP contribution in [0.15, 0.2) is 18.5 Å². The Kier molecular flexibility index (Phi) is 5.44. The number of imidazole rings is 1. The van der Waals surface area contributed by atoms with Crippen LogP contribution in [0.1, 0.15) is 62.3 Å². The molecule has 142 valence electrons. The van der Waals surface area contributed by atoms with Crippen molar-refractivity contribution in [3.05, 3.63) is 29.9 Å². The van der Waals surface area contributed by atoms with Crippen molar-refractivity contribution < 1.29 is 9.53 Å². The number of hydrogen-bond donors (Lipinski definition) is 0. The van der Waals surface area contributed by atoms with Crippen molar-refractivity contribution in [2.75, 3.05) is 19.8 Å². The number of hydrogen-bond acceptors (Lipinski definition) is 3. The number of allylic oxidation sites excluding steroid dienone is 2. The van der Waals surface area contributed by atoms with Gasteiger partial charge in [0.05, 0.1) is 25.2 Å². The molecular formula is C21H31N3O2. The van der Waals surface area contributed by atoms with Gasteiger partial charge in [-0.3, -0.25) is 4.79 Å². The van der Waals surface area contributed by atoms with Crippen LogP contribution in [0.4, 0.5) is 0 Å². The van der Waals surface area contributed by atoms with Gasteiger partial charge in [-0.2, -0.15) is 0 Å². The van der Waals surface area contributed by atoms with Gasteiger partial charge < -0.3 is 14.2 Å². The molecular weight excluding hydrogens is 326 g/mol. The van der Waals surface area contributed by atoms with E-state index in [0.29, 0.717) is 25.5 Å². The van der Waals surface area contributed by atoms with Gasteiger partial charge in [0.2, 0.25) is 5.91 Å². The molecule has 3 aliphatic rings. The van der Waals surface area contributed by atoms with Crippen molar-refractivity contribution in [3.63, 3.8) is 0 Å². The summed E-state index contributed by atoms with van der Waals surface area (Å²) in [4.78, 5) is 19.4. The molecule has 5 heteroatoms. The van der Waals surface area contributed by atoms with Gasteiger partial charge in [-0.1, -0.05) is 25.0 Å². The summed E-state index contributed by atoms with van der Waals surface area (Å²) >= 11 is 0. The fraction of sp³-hybridized carbons (Fsp3) is 0.714. The number of carbonyl (C=O) groups excluding carboxylic acids is 1. The highest BCUT2D eigenvalue weighted by molar-refractivity contribution is 5.77. The van der Waals surface area contributed by atoms with Crippen molar-refractivity contribution in [2.24, 2.45) is 18.9 Å². The van der Waals surface area contributed by atoms with E-state index in [1.54, 1.807) is 0 Å². The highest BCUT2D eigenvalue weighted by atomic mass is 16.5. The fourth-order valence-electron chi connectivity index (χ4n) is 4.83. The predicted octanol–water partition coefficient (Wildman–Crippen LogP) is 3.41. The molecule has 4 rings (SSSR count). The number of aromatic nitrogens is 2. The maximum atomic E-state index is 12.8. The van der Waals surface area contributed by atoms with E-state index in [1.807, 2.05) is 11.2 Å². The van der Waals surface area contributed by atoms with E-state index in [-0.39, 0.29) is 11.8 Å². The molecule has 0 radical (unpaired) electrons. The monoisotopic (exact) mass is 357 g/mol. The van der Waals surface area contributed by atoms with Gasteiger partial charge in [0.25, 0.3) is 0 Å². The largest absolute Gasteiger partial charge is 0.380 e. The first kappa shape index (κ1) is 17.8. The third kappa shape index (κ3) is 3.88. The summed E-state index contributed by atoms with van der Waals surface area (Å²) < 4.78 is 8.22. The van der Waals surface area contributed by atoms with E-state index in [4.69, 9.17) is 4.74 Å². The molecule has 0 spiro atoms. The van der Waals surface area contributed by atoms with Crippen molar-refractivity contribution in [2.45, 2.75) is 57.4 Å². The first-order valence-electron chi connectivity index (χ1n) is 10.2. The van der Waals surface area contributed by atoms with E-state index < -0.39 is 0 Å². The molecule has 0 aromatic carbocycles. The summed E-state index contributed by atoms with van der Waals surface area (Å²) in [5, 5.41) is 0. The Morgan fingerprint density at radius 1 is 1.27 bits per heavy atom. The molecule has 1 fully saturated rings.